The van der Waals surface area contributed by atoms with E-state index in [1.807, 2.05) is 19.9 Å². The number of ether oxygens (including phenoxy) is 1. The molecule has 4 aromatic rings. The van der Waals surface area contributed by atoms with Crippen LogP contribution in [-0.2, 0) is 0 Å². The molecule has 5 N–H and O–H groups in total. The van der Waals surface area contributed by atoms with E-state index in [2.05, 4.69) is 25.3 Å². The summed E-state index contributed by atoms with van der Waals surface area (Å²) in [6.07, 6.45) is -4.98. The van der Waals surface area contributed by atoms with Crippen LogP contribution in [0.3, 0.4) is 0 Å². The monoisotopic (exact) mass is 590 g/mol. The number of nitrogens with zero attached hydrogens (tertiary/aromatic N) is 4. The van der Waals surface area contributed by atoms with E-state index in [0.29, 0.717) is 34.1 Å². The molecule has 0 amide bonds. The molecule has 1 aliphatic carbocycles. The van der Waals surface area contributed by atoms with Gasteiger partial charge in [-0.3, -0.25) is 4.98 Å². The number of anilines is 2. The number of rotatable bonds is 8. The highest BCUT2D eigenvalue weighted by molar-refractivity contribution is 7.21. The minimum atomic E-state index is -4.78. The van der Waals surface area contributed by atoms with Gasteiger partial charge in [0.2, 0.25) is 5.95 Å². The molecular weight excluding hydrogens is 561 g/mol. The van der Waals surface area contributed by atoms with E-state index in [1.165, 1.54) is 35.6 Å². The fourth-order valence-corrected chi connectivity index (χ4v) is 6.06. The topological polar surface area (TPSA) is 146 Å². The summed E-state index contributed by atoms with van der Waals surface area (Å²) in [4.78, 5) is 18.4. The average molecular weight is 591 g/mol. The van der Waals surface area contributed by atoms with Gasteiger partial charge in [-0.05, 0) is 51.0 Å². The van der Waals surface area contributed by atoms with Crippen molar-refractivity contribution in [1.29, 1.82) is 0 Å². The Kier molecular flexibility index (Phi) is 8.01. The van der Waals surface area contributed by atoms with Crippen LogP contribution in [0.2, 0.25) is 0 Å². The van der Waals surface area contributed by atoms with Gasteiger partial charge in [0, 0.05) is 18.7 Å². The number of aliphatic hydroxyl groups is 3. The number of halogens is 3. The smallest absolute Gasteiger partial charge is 0.406 e. The van der Waals surface area contributed by atoms with Gasteiger partial charge >= 0.3 is 6.36 Å². The minimum Gasteiger partial charge on any atom is -0.406 e. The number of hydrogen-bond acceptors (Lipinski definition) is 11. The zero-order valence-electron chi connectivity index (χ0n) is 22.3. The third-order valence-corrected chi connectivity index (χ3v) is 8.15. The third kappa shape index (κ3) is 6.20. The molecule has 0 unspecified atom stereocenters. The van der Waals surface area contributed by atoms with Crippen molar-refractivity contribution in [1.82, 2.24) is 19.9 Å². The van der Waals surface area contributed by atoms with Gasteiger partial charge in [-0.1, -0.05) is 12.1 Å². The lowest BCUT2D eigenvalue weighted by molar-refractivity contribution is -0.274. The van der Waals surface area contributed by atoms with Crippen LogP contribution >= 0.6 is 11.3 Å². The lowest BCUT2D eigenvalue weighted by atomic mass is 10.1. The number of fused-ring (bicyclic) bond motifs is 1. The number of aliphatic hydroxyl groups excluding tert-OH is 3. The van der Waals surface area contributed by atoms with E-state index in [0.717, 1.165) is 15.9 Å². The first-order valence-electron chi connectivity index (χ1n) is 12.9. The first-order valence-corrected chi connectivity index (χ1v) is 13.7. The Labute approximate surface area is 237 Å². The summed E-state index contributed by atoms with van der Waals surface area (Å²) in [6.45, 7) is 5.21. The van der Waals surface area contributed by atoms with Crippen molar-refractivity contribution < 1.29 is 33.2 Å². The molecule has 5 rings (SSSR count). The van der Waals surface area contributed by atoms with Crippen molar-refractivity contribution in [3.05, 3.63) is 53.5 Å². The van der Waals surface area contributed by atoms with Crippen LogP contribution in [-0.4, -0.2) is 66.5 Å². The fraction of sp³-hybridized carbons (Fsp3) is 0.407. The molecule has 10 nitrogen and oxygen atoms in total. The molecule has 1 fully saturated rings. The molecular formula is C27H29F3N6O4S. The zero-order valence-corrected chi connectivity index (χ0v) is 23.2. The first-order chi connectivity index (χ1) is 19.4. The minimum absolute atomic E-state index is 0.238. The van der Waals surface area contributed by atoms with Gasteiger partial charge in [-0.2, -0.15) is 4.98 Å². The van der Waals surface area contributed by atoms with Crippen molar-refractivity contribution in [2.45, 2.75) is 57.8 Å². The van der Waals surface area contributed by atoms with Crippen LogP contribution in [0.15, 0.2) is 36.5 Å². The van der Waals surface area contributed by atoms with Crippen molar-refractivity contribution in [3.8, 4) is 16.3 Å². The highest BCUT2D eigenvalue weighted by Gasteiger charge is 2.41. The summed E-state index contributed by atoms with van der Waals surface area (Å²) in [5.74, 6) is -0.202. The van der Waals surface area contributed by atoms with Gasteiger partial charge in [-0.25, -0.2) is 9.97 Å². The number of aryl methyl sites for hydroxylation is 2. The van der Waals surface area contributed by atoms with Crippen molar-refractivity contribution in [2.24, 2.45) is 5.92 Å². The van der Waals surface area contributed by atoms with Crippen LogP contribution in [0.5, 0.6) is 5.75 Å². The standard InChI is InChI=1S/C27H29F3N6O4S/c1-12(15-4-6-17(7-5-15)40-27(28,29)30)32-26-33-13(2)20(25-35-21-14(3)31-9-8-19(21)41-25)24(36-26)34-18-10-16(11-37)22(38)23(18)39/h4-9,12,16,18,22-23,37-39H,10-11H2,1-3H3,(H2,32,33,34,36)/t12-,16-,18-,22-,23+/m1/s1. The molecule has 0 radical (unpaired) electrons. The summed E-state index contributed by atoms with van der Waals surface area (Å²) in [5, 5.41) is 37.8. The summed E-state index contributed by atoms with van der Waals surface area (Å²) >= 11 is 1.44. The molecule has 0 bridgehead atoms. The van der Waals surface area contributed by atoms with Gasteiger partial charge in [0.25, 0.3) is 0 Å². The molecule has 0 saturated heterocycles. The zero-order chi connectivity index (χ0) is 29.5. The SMILES string of the molecule is Cc1nc(N[C@H](C)c2ccc(OC(F)(F)F)cc2)nc(N[C@@H]2C[C@H](CO)[C@@H](O)[C@H]2O)c1-c1nc2c(C)nccc2s1. The summed E-state index contributed by atoms with van der Waals surface area (Å²) in [5.41, 5.74) is 3.41. The first kappa shape index (κ1) is 28.9. The van der Waals surface area contributed by atoms with Crippen molar-refractivity contribution in [3.63, 3.8) is 0 Å². The number of thiazole rings is 1. The lowest BCUT2D eigenvalue weighted by Gasteiger charge is -2.22. The van der Waals surface area contributed by atoms with Crippen LogP contribution in [0.1, 0.15) is 36.3 Å². The molecule has 218 valence electrons. The predicted octanol–water partition coefficient (Wildman–Crippen LogP) is 4.35. The van der Waals surface area contributed by atoms with E-state index >= 15 is 0 Å². The van der Waals surface area contributed by atoms with Gasteiger partial charge in [0.05, 0.1) is 39.8 Å². The van der Waals surface area contributed by atoms with Crippen LogP contribution in [0.25, 0.3) is 20.8 Å². The fourth-order valence-electron chi connectivity index (χ4n) is 4.95. The molecule has 0 spiro atoms. The summed E-state index contributed by atoms with van der Waals surface area (Å²) in [7, 11) is 0. The highest BCUT2D eigenvalue weighted by atomic mass is 32.1. The quantitative estimate of drug-likeness (QED) is 0.201. The van der Waals surface area contributed by atoms with E-state index < -0.39 is 30.5 Å². The second-order valence-electron chi connectivity index (χ2n) is 10.0. The van der Waals surface area contributed by atoms with Gasteiger partial charge < -0.3 is 30.7 Å². The van der Waals surface area contributed by atoms with Crippen LogP contribution < -0.4 is 15.4 Å². The van der Waals surface area contributed by atoms with Gasteiger partial charge in [0.15, 0.2) is 0 Å². The van der Waals surface area contributed by atoms with E-state index in [9.17, 15) is 28.5 Å². The molecule has 1 saturated carbocycles. The Morgan fingerprint density at radius 1 is 1.05 bits per heavy atom. The lowest BCUT2D eigenvalue weighted by Crippen LogP contribution is -2.35. The molecule has 3 heterocycles. The van der Waals surface area contributed by atoms with Crippen LogP contribution in [0, 0.1) is 19.8 Å². The second-order valence-corrected chi connectivity index (χ2v) is 11.0. The Bertz CT molecular complexity index is 1530. The molecule has 14 heteroatoms. The Morgan fingerprint density at radius 3 is 2.41 bits per heavy atom. The predicted molar refractivity (Wildman–Crippen MR) is 148 cm³/mol. The normalized spacial score (nSPS) is 21.7. The number of nitrogens with one attached hydrogen (secondary N) is 2. The molecule has 3 aromatic heterocycles. The van der Waals surface area contributed by atoms with Gasteiger partial charge in [-0.15, -0.1) is 24.5 Å². The molecule has 41 heavy (non-hydrogen) atoms. The van der Waals surface area contributed by atoms with Crippen molar-refractivity contribution in [2.75, 3.05) is 17.2 Å². The average Bonchev–Trinajstić information content (AvgIpc) is 3.45. The molecule has 0 aliphatic heterocycles. The van der Waals surface area contributed by atoms with Crippen molar-refractivity contribution >= 4 is 33.3 Å². The number of pyridine rings is 1. The van der Waals surface area contributed by atoms with E-state index in [4.69, 9.17) is 9.97 Å². The van der Waals surface area contributed by atoms with Crippen LogP contribution in [0.4, 0.5) is 24.9 Å². The highest BCUT2D eigenvalue weighted by Crippen LogP contribution is 2.39. The Balaban J connectivity index is 1.48. The molecule has 1 aromatic carbocycles. The Hall–Kier alpha value is -3.59. The number of alkyl halides is 3. The summed E-state index contributed by atoms with van der Waals surface area (Å²) < 4.78 is 42.5. The van der Waals surface area contributed by atoms with E-state index in [-0.39, 0.29) is 24.3 Å². The molecule has 1 aliphatic rings. The number of benzene rings is 1. The maximum Gasteiger partial charge on any atom is 0.573 e. The summed E-state index contributed by atoms with van der Waals surface area (Å²) in [6, 6.07) is 6.39. The number of hydrogen-bond donors (Lipinski definition) is 5. The maximum absolute atomic E-state index is 12.5. The molecule has 5 atom stereocenters. The van der Waals surface area contributed by atoms with E-state index in [1.54, 1.807) is 13.1 Å². The number of aromatic nitrogens is 4. The Morgan fingerprint density at radius 2 is 1.78 bits per heavy atom. The van der Waals surface area contributed by atoms with Gasteiger partial charge in [0.1, 0.15) is 28.2 Å². The largest absolute Gasteiger partial charge is 0.573 e. The maximum atomic E-state index is 12.5. The second kappa shape index (κ2) is 11.4. The third-order valence-electron chi connectivity index (χ3n) is 7.11.